The molecule has 0 radical (unpaired) electrons. The third-order valence-corrected chi connectivity index (χ3v) is 5.14. The zero-order valence-corrected chi connectivity index (χ0v) is 18.0. The Morgan fingerprint density at radius 1 is 1.07 bits per heavy atom. The summed E-state index contributed by atoms with van der Waals surface area (Å²) < 4.78 is 5.46. The first kappa shape index (κ1) is 21.8. The normalized spacial score (nSPS) is 15.7. The molecule has 1 aromatic heterocycles. The van der Waals surface area contributed by atoms with Crippen LogP contribution >= 0.6 is 0 Å². The van der Waals surface area contributed by atoms with Gasteiger partial charge in [0.1, 0.15) is 5.60 Å². The van der Waals surface area contributed by atoms with E-state index >= 15 is 0 Å². The molecule has 0 saturated carbocycles. The minimum Gasteiger partial charge on any atom is -0.444 e. The zero-order chi connectivity index (χ0) is 21.6. The second kappa shape index (κ2) is 9.70. The molecule has 158 valence electrons. The molecule has 5 heteroatoms. The zero-order valence-electron chi connectivity index (χ0n) is 18.0. The van der Waals surface area contributed by atoms with Gasteiger partial charge in [-0.05, 0) is 68.9 Å². The Hall–Kier alpha value is -2.95. The van der Waals surface area contributed by atoms with Gasteiger partial charge in [-0.2, -0.15) is 0 Å². The molecule has 2 aromatic rings. The largest absolute Gasteiger partial charge is 0.444 e. The van der Waals surface area contributed by atoms with Gasteiger partial charge in [-0.3, -0.25) is 9.78 Å². The smallest absolute Gasteiger partial charge is 0.410 e. The summed E-state index contributed by atoms with van der Waals surface area (Å²) in [5, 5.41) is 0. The molecular weight excluding hydrogens is 376 g/mol. The van der Waals surface area contributed by atoms with Crippen molar-refractivity contribution in [2.24, 2.45) is 5.92 Å². The Labute approximate surface area is 178 Å². The van der Waals surface area contributed by atoms with Crippen molar-refractivity contribution >= 4 is 23.5 Å². The third-order valence-electron chi connectivity index (χ3n) is 5.14. The summed E-state index contributed by atoms with van der Waals surface area (Å²) in [7, 11) is 0. The van der Waals surface area contributed by atoms with Crippen LogP contribution in [-0.2, 0) is 9.53 Å². The van der Waals surface area contributed by atoms with Crippen molar-refractivity contribution in [3.63, 3.8) is 0 Å². The van der Waals surface area contributed by atoms with E-state index in [0.29, 0.717) is 25.1 Å². The second-order valence-corrected chi connectivity index (χ2v) is 8.74. The Morgan fingerprint density at radius 3 is 2.30 bits per heavy atom. The van der Waals surface area contributed by atoms with Crippen LogP contribution in [-0.4, -0.2) is 40.5 Å². The third kappa shape index (κ3) is 6.28. The summed E-state index contributed by atoms with van der Waals surface area (Å²) in [6.07, 6.45) is 7.19. The number of likely N-dealkylation sites (tertiary alicyclic amines) is 1. The number of ether oxygens (including phenoxy) is 1. The maximum atomic E-state index is 13.2. The number of hydrogen-bond donors (Lipinski definition) is 0. The number of nitrogens with zero attached hydrogens (tertiary/aromatic N) is 2. The lowest BCUT2D eigenvalue weighted by Gasteiger charge is -2.33. The van der Waals surface area contributed by atoms with Gasteiger partial charge in [0.2, 0.25) is 0 Å². The van der Waals surface area contributed by atoms with E-state index in [1.807, 2.05) is 69.3 Å². The number of aromatic nitrogens is 1. The molecule has 0 spiro atoms. The predicted octanol–water partition coefficient (Wildman–Crippen LogP) is 5.23. The number of benzene rings is 1. The number of hydrogen-bond acceptors (Lipinski definition) is 4. The average Bonchev–Trinajstić information content (AvgIpc) is 2.72. The molecular formula is C25H30N2O3. The van der Waals surface area contributed by atoms with Crippen LogP contribution in [0.4, 0.5) is 4.79 Å². The maximum Gasteiger partial charge on any atom is 0.410 e. The van der Waals surface area contributed by atoms with Crippen LogP contribution in [0.3, 0.4) is 0 Å². The van der Waals surface area contributed by atoms with E-state index in [1.54, 1.807) is 17.3 Å². The van der Waals surface area contributed by atoms with Gasteiger partial charge in [0, 0.05) is 37.5 Å². The molecule has 1 amide bonds. The molecule has 0 N–H and O–H groups in total. The number of allylic oxidation sites excluding steroid dienone is 1. The van der Waals surface area contributed by atoms with E-state index in [0.717, 1.165) is 24.0 Å². The molecule has 5 nitrogen and oxygen atoms in total. The van der Waals surface area contributed by atoms with Gasteiger partial charge in [-0.25, -0.2) is 4.79 Å². The Kier molecular flexibility index (Phi) is 7.03. The van der Waals surface area contributed by atoms with Crippen molar-refractivity contribution in [2.75, 3.05) is 13.1 Å². The van der Waals surface area contributed by atoms with Crippen molar-refractivity contribution in [1.82, 2.24) is 9.88 Å². The molecule has 0 atom stereocenters. The first-order valence-corrected chi connectivity index (χ1v) is 10.5. The van der Waals surface area contributed by atoms with E-state index in [-0.39, 0.29) is 17.8 Å². The molecule has 1 aliphatic rings. The van der Waals surface area contributed by atoms with Crippen molar-refractivity contribution in [2.45, 2.75) is 45.6 Å². The highest BCUT2D eigenvalue weighted by molar-refractivity contribution is 6.25. The van der Waals surface area contributed by atoms with Gasteiger partial charge in [-0.15, -0.1) is 0 Å². The Morgan fingerprint density at radius 2 is 1.70 bits per heavy atom. The minimum absolute atomic E-state index is 0.126. The van der Waals surface area contributed by atoms with Gasteiger partial charge in [0.15, 0.2) is 5.78 Å². The van der Waals surface area contributed by atoms with Gasteiger partial charge in [-0.1, -0.05) is 30.3 Å². The highest BCUT2D eigenvalue weighted by atomic mass is 16.6. The fourth-order valence-electron chi connectivity index (χ4n) is 3.59. The fourth-order valence-corrected chi connectivity index (χ4v) is 3.59. The molecule has 2 heterocycles. The van der Waals surface area contributed by atoms with Crippen molar-refractivity contribution in [1.29, 1.82) is 0 Å². The highest BCUT2D eigenvalue weighted by Crippen LogP contribution is 2.27. The lowest BCUT2D eigenvalue weighted by Crippen LogP contribution is -2.42. The quantitative estimate of drug-likeness (QED) is 0.638. The summed E-state index contributed by atoms with van der Waals surface area (Å²) in [6.45, 7) is 6.86. The van der Waals surface area contributed by atoms with E-state index in [1.165, 1.54) is 0 Å². The number of amides is 1. The SMILES string of the molecule is CC(C)(C)OC(=O)N1CCC(CC(=O)/C(=C\c2ccccc2)c2ccncc2)CC1. The fraction of sp³-hybridized carbons (Fsp3) is 0.400. The van der Waals surface area contributed by atoms with Gasteiger partial charge < -0.3 is 9.64 Å². The minimum atomic E-state index is -0.494. The first-order chi connectivity index (χ1) is 14.3. The van der Waals surface area contributed by atoms with Crippen LogP contribution in [0, 0.1) is 5.92 Å². The van der Waals surface area contributed by atoms with Crippen LogP contribution in [0.25, 0.3) is 11.6 Å². The van der Waals surface area contributed by atoms with Crippen LogP contribution in [0.1, 0.15) is 51.2 Å². The van der Waals surface area contributed by atoms with E-state index in [9.17, 15) is 9.59 Å². The molecule has 0 bridgehead atoms. The van der Waals surface area contributed by atoms with Gasteiger partial charge in [0.25, 0.3) is 0 Å². The molecule has 30 heavy (non-hydrogen) atoms. The van der Waals surface area contributed by atoms with E-state index in [2.05, 4.69) is 4.98 Å². The molecule has 1 saturated heterocycles. The standard InChI is InChI=1S/C25H30N2O3/c1-25(2,3)30-24(29)27-15-11-20(12-16-27)18-23(28)22(21-9-13-26-14-10-21)17-19-7-5-4-6-8-19/h4-10,13-14,17,20H,11-12,15-16,18H2,1-3H3/b22-17-. The molecule has 1 aromatic carbocycles. The summed E-state index contributed by atoms with van der Waals surface area (Å²) in [5.74, 6) is 0.387. The predicted molar refractivity (Wildman–Crippen MR) is 119 cm³/mol. The number of Topliss-reactive ketones (excluding diaryl/α,β-unsaturated/α-hetero) is 1. The Balaban J connectivity index is 1.66. The lowest BCUT2D eigenvalue weighted by atomic mass is 9.87. The number of ketones is 1. The first-order valence-electron chi connectivity index (χ1n) is 10.5. The van der Waals surface area contributed by atoms with E-state index < -0.39 is 5.60 Å². The summed E-state index contributed by atoms with van der Waals surface area (Å²) in [5.41, 5.74) is 2.09. The van der Waals surface area contributed by atoms with Gasteiger partial charge in [0.05, 0.1) is 0 Å². The van der Waals surface area contributed by atoms with E-state index in [4.69, 9.17) is 4.74 Å². The van der Waals surface area contributed by atoms with Crippen molar-refractivity contribution in [3.05, 3.63) is 66.0 Å². The number of carbonyl (C=O) groups is 2. The number of rotatable bonds is 5. The Bertz CT molecular complexity index is 878. The summed E-state index contributed by atoms with van der Waals surface area (Å²) >= 11 is 0. The topological polar surface area (TPSA) is 59.5 Å². The number of pyridine rings is 1. The molecule has 3 rings (SSSR count). The monoisotopic (exact) mass is 406 g/mol. The van der Waals surface area contributed by atoms with Crippen LogP contribution < -0.4 is 0 Å². The average molecular weight is 407 g/mol. The van der Waals surface area contributed by atoms with Crippen molar-refractivity contribution < 1.29 is 14.3 Å². The summed E-state index contributed by atoms with van der Waals surface area (Å²) in [6, 6.07) is 13.6. The molecule has 0 aliphatic carbocycles. The maximum absolute atomic E-state index is 13.2. The van der Waals surface area contributed by atoms with Crippen molar-refractivity contribution in [3.8, 4) is 0 Å². The second-order valence-electron chi connectivity index (χ2n) is 8.74. The number of carbonyl (C=O) groups excluding carboxylic acids is 2. The number of piperidine rings is 1. The van der Waals surface area contributed by atoms with Crippen LogP contribution in [0.5, 0.6) is 0 Å². The molecule has 1 fully saturated rings. The summed E-state index contributed by atoms with van der Waals surface area (Å²) in [4.78, 5) is 31.3. The highest BCUT2D eigenvalue weighted by Gasteiger charge is 2.28. The lowest BCUT2D eigenvalue weighted by molar-refractivity contribution is -0.114. The van der Waals surface area contributed by atoms with Gasteiger partial charge >= 0.3 is 6.09 Å². The van der Waals surface area contributed by atoms with Crippen LogP contribution in [0.2, 0.25) is 0 Å². The molecule has 1 aliphatic heterocycles. The van der Waals surface area contributed by atoms with Crippen LogP contribution in [0.15, 0.2) is 54.9 Å². The molecule has 0 unspecified atom stereocenters.